The molecule has 0 aromatic heterocycles. The maximum absolute atomic E-state index is 12.8. The zero-order chi connectivity index (χ0) is 12.3. The van der Waals surface area contributed by atoms with Crippen LogP contribution >= 0.6 is 0 Å². The Morgan fingerprint density at radius 2 is 1.88 bits per heavy atom. The molecule has 0 amide bonds. The molecule has 6 heteroatoms. The number of benzene rings is 1. The van der Waals surface area contributed by atoms with Gasteiger partial charge in [-0.15, -0.1) is 0 Å². The quantitative estimate of drug-likeness (QED) is 0.455. The Labute approximate surface area is 89.4 Å². The Kier molecular flexibility index (Phi) is 3.65. The van der Waals surface area contributed by atoms with E-state index in [4.69, 9.17) is 0 Å². The second-order valence-electron chi connectivity index (χ2n) is 3.04. The van der Waals surface area contributed by atoms with Gasteiger partial charge in [0.2, 0.25) is 5.70 Å². The van der Waals surface area contributed by atoms with E-state index in [1.807, 2.05) is 0 Å². The van der Waals surface area contributed by atoms with Crippen LogP contribution in [0, 0.1) is 27.6 Å². The fourth-order valence-corrected chi connectivity index (χ4v) is 1.13. The third kappa shape index (κ3) is 2.59. The number of rotatable bonds is 3. The van der Waals surface area contributed by atoms with E-state index in [-0.39, 0.29) is 17.7 Å². The third-order valence-electron chi connectivity index (χ3n) is 1.94. The van der Waals surface area contributed by atoms with Crippen LogP contribution in [-0.2, 0) is 0 Å². The maximum atomic E-state index is 12.8. The summed E-state index contributed by atoms with van der Waals surface area (Å²) in [5.74, 6) is -4.33. The molecule has 1 aromatic carbocycles. The van der Waals surface area contributed by atoms with Crippen molar-refractivity contribution in [3.63, 3.8) is 0 Å². The number of hydrogen-bond acceptors (Lipinski definition) is 2. The SMILES string of the molecule is CCC(=Cc1cc(F)c(F)c(F)c1)[N+](=O)[O-]. The predicted octanol–water partition coefficient (Wildman–Crippen LogP) is 3.13. The Morgan fingerprint density at radius 1 is 1.38 bits per heavy atom. The molecule has 0 aliphatic carbocycles. The summed E-state index contributed by atoms with van der Waals surface area (Å²) in [4.78, 5) is 9.79. The van der Waals surface area contributed by atoms with E-state index in [2.05, 4.69) is 0 Å². The Bertz CT molecular complexity index is 434. The van der Waals surface area contributed by atoms with Gasteiger partial charge < -0.3 is 0 Å². The van der Waals surface area contributed by atoms with E-state index >= 15 is 0 Å². The minimum absolute atomic E-state index is 0.0787. The van der Waals surface area contributed by atoms with E-state index in [1.165, 1.54) is 6.92 Å². The van der Waals surface area contributed by atoms with Crippen molar-refractivity contribution in [3.05, 3.63) is 51.0 Å². The number of allylic oxidation sites excluding steroid dienone is 1. The van der Waals surface area contributed by atoms with Gasteiger partial charge in [0, 0.05) is 12.5 Å². The van der Waals surface area contributed by atoms with Crippen LogP contribution in [0.15, 0.2) is 17.8 Å². The summed E-state index contributed by atoms with van der Waals surface area (Å²) in [6, 6.07) is 1.41. The Morgan fingerprint density at radius 3 is 2.25 bits per heavy atom. The molecule has 0 saturated carbocycles. The largest absolute Gasteiger partial charge is 0.259 e. The van der Waals surface area contributed by atoms with Gasteiger partial charge in [0.15, 0.2) is 17.5 Å². The van der Waals surface area contributed by atoms with Crippen molar-refractivity contribution in [2.75, 3.05) is 0 Å². The lowest BCUT2D eigenvalue weighted by Crippen LogP contribution is -1.98. The molecule has 3 nitrogen and oxygen atoms in total. The highest BCUT2D eigenvalue weighted by atomic mass is 19.2. The lowest BCUT2D eigenvalue weighted by molar-refractivity contribution is -0.425. The van der Waals surface area contributed by atoms with Gasteiger partial charge >= 0.3 is 0 Å². The van der Waals surface area contributed by atoms with Gasteiger partial charge in [-0.2, -0.15) is 0 Å². The van der Waals surface area contributed by atoms with Crippen LogP contribution in [0.2, 0.25) is 0 Å². The average Bonchev–Trinajstić information content (AvgIpc) is 2.21. The molecular weight excluding hydrogens is 223 g/mol. The molecule has 0 unspecified atom stereocenters. The zero-order valence-corrected chi connectivity index (χ0v) is 8.34. The molecule has 0 aliphatic rings. The summed E-state index contributed by atoms with van der Waals surface area (Å²) in [7, 11) is 0. The monoisotopic (exact) mass is 231 g/mol. The van der Waals surface area contributed by atoms with Crippen molar-refractivity contribution in [3.8, 4) is 0 Å². The summed E-state index contributed by atoms with van der Waals surface area (Å²) < 4.78 is 38.1. The lowest BCUT2D eigenvalue weighted by atomic mass is 10.1. The topological polar surface area (TPSA) is 43.1 Å². The molecule has 0 heterocycles. The van der Waals surface area contributed by atoms with Crippen molar-refractivity contribution < 1.29 is 18.1 Å². The molecule has 0 radical (unpaired) electrons. The number of hydrogen-bond donors (Lipinski definition) is 0. The minimum Gasteiger partial charge on any atom is -0.259 e. The van der Waals surface area contributed by atoms with Crippen molar-refractivity contribution in [1.82, 2.24) is 0 Å². The third-order valence-corrected chi connectivity index (χ3v) is 1.94. The average molecular weight is 231 g/mol. The molecule has 16 heavy (non-hydrogen) atoms. The van der Waals surface area contributed by atoms with Gasteiger partial charge in [-0.3, -0.25) is 10.1 Å². The number of halogens is 3. The summed E-state index contributed by atoms with van der Waals surface area (Å²) in [5, 5.41) is 10.4. The molecule has 0 atom stereocenters. The van der Waals surface area contributed by atoms with Crippen LogP contribution < -0.4 is 0 Å². The van der Waals surface area contributed by atoms with E-state index in [9.17, 15) is 23.3 Å². The lowest BCUT2D eigenvalue weighted by Gasteiger charge is -1.99. The van der Waals surface area contributed by atoms with E-state index in [1.54, 1.807) is 0 Å². The first-order valence-electron chi connectivity index (χ1n) is 4.45. The Balaban J connectivity index is 3.20. The zero-order valence-electron chi connectivity index (χ0n) is 8.34. The standard InChI is InChI=1S/C10H8F3NO2/c1-2-7(14(15)16)3-6-4-8(11)10(13)9(12)5-6/h3-5H,2H2,1H3. The maximum Gasteiger partial charge on any atom is 0.246 e. The minimum atomic E-state index is -1.59. The van der Waals surface area contributed by atoms with Crippen LogP contribution in [-0.4, -0.2) is 4.92 Å². The first-order chi connectivity index (χ1) is 7.45. The highest BCUT2D eigenvalue weighted by molar-refractivity contribution is 5.51. The van der Waals surface area contributed by atoms with E-state index in [0.717, 1.165) is 6.08 Å². The normalized spacial score (nSPS) is 11.6. The van der Waals surface area contributed by atoms with Crippen LogP contribution in [0.1, 0.15) is 18.9 Å². The first kappa shape index (κ1) is 12.2. The molecule has 0 saturated heterocycles. The van der Waals surface area contributed by atoms with Gasteiger partial charge in [-0.05, 0) is 17.7 Å². The van der Waals surface area contributed by atoms with Crippen molar-refractivity contribution >= 4 is 6.08 Å². The van der Waals surface area contributed by atoms with Crippen molar-refractivity contribution in [2.45, 2.75) is 13.3 Å². The molecule has 1 aromatic rings. The molecular formula is C10H8F3NO2. The molecule has 86 valence electrons. The van der Waals surface area contributed by atoms with E-state index in [0.29, 0.717) is 12.1 Å². The smallest absolute Gasteiger partial charge is 0.246 e. The first-order valence-corrected chi connectivity index (χ1v) is 4.45. The highest BCUT2D eigenvalue weighted by Crippen LogP contribution is 2.17. The second-order valence-corrected chi connectivity index (χ2v) is 3.04. The summed E-state index contributed by atoms with van der Waals surface area (Å²) in [6.07, 6.45) is 1.11. The van der Waals surface area contributed by atoms with Crippen molar-refractivity contribution in [2.24, 2.45) is 0 Å². The number of nitrogens with zero attached hydrogens (tertiary/aromatic N) is 1. The van der Waals surface area contributed by atoms with Crippen LogP contribution in [0.3, 0.4) is 0 Å². The van der Waals surface area contributed by atoms with Crippen LogP contribution in [0.4, 0.5) is 13.2 Å². The Hall–Kier alpha value is -1.85. The fraction of sp³-hybridized carbons (Fsp3) is 0.200. The van der Waals surface area contributed by atoms with Crippen LogP contribution in [0.5, 0.6) is 0 Å². The molecule has 0 spiro atoms. The fourth-order valence-electron chi connectivity index (χ4n) is 1.13. The molecule has 0 aliphatic heterocycles. The van der Waals surface area contributed by atoms with Gasteiger partial charge in [0.05, 0.1) is 4.92 Å². The highest BCUT2D eigenvalue weighted by Gasteiger charge is 2.12. The molecule has 0 fully saturated rings. The summed E-state index contributed by atoms with van der Waals surface area (Å²) in [6.45, 7) is 1.53. The molecule has 0 bridgehead atoms. The molecule has 0 N–H and O–H groups in total. The molecule has 1 rings (SSSR count). The van der Waals surface area contributed by atoms with Gasteiger partial charge in [-0.25, -0.2) is 13.2 Å². The predicted molar refractivity (Wildman–Crippen MR) is 51.6 cm³/mol. The van der Waals surface area contributed by atoms with Crippen molar-refractivity contribution in [1.29, 1.82) is 0 Å². The summed E-state index contributed by atoms with van der Waals surface area (Å²) in [5.41, 5.74) is -0.282. The number of nitro groups is 1. The van der Waals surface area contributed by atoms with E-state index < -0.39 is 22.4 Å². The van der Waals surface area contributed by atoms with Gasteiger partial charge in [-0.1, -0.05) is 6.92 Å². The van der Waals surface area contributed by atoms with Gasteiger partial charge in [0.25, 0.3) is 0 Å². The summed E-state index contributed by atoms with van der Waals surface area (Å²) >= 11 is 0. The second kappa shape index (κ2) is 4.78. The van der Waals surface area contributed by atoms with Crippen LogP contribution in [0.25, 0.3) is 6.08 Å². The van der Waals surface area contributed by atoms with Gasteiger partial charge in [0.1, 0.15) is 0 Å².